The molecule has 0 fully saturated rings. The van der Waals surface area contributed by atoms with E-state index in [9.17, 15) is 0 Å². The van der Waals surface area contributed by atoms with Crippen molar-refractivity contribution in [2.75, 3.05) is 20.1 Å². The van der Waals surface area contributed by atoms with Gasteiger partial charge in [0.15, 0.2) is 0 Å². The Bertz CT molecular complexity index is 506. The number of hydrogen-bond donors (Lipinski definition) is 1. The Balaban J connectivity index is 2.00. The fourth-order valence-corrected chi connectivity index (χ4v) is 2.24. The molecule has 4 heteroatoms. The van der Waals surface area contributed by atoms with Gasteiger partial charge in [-0.2, -0.15) is 0 Å². The van der Waals surface area contributed by atoms with Crippen LogP contribution in [0.4, 0.5) is 0 Å². The molecular formula is C16H24N4. The van der Waals surface area contributed by atoms with Crippen LogP contribution in [0.3, 0.4) is 0 Å². The molecule has 0 saturated carbocycles. The number of benzene rings is 1. The van der Waals surface area contributed by atoms with Crippen LogP contribution >= 0.6 is 0 Å². The first kappa shape index (κ1) is 14.8. The number of aromatic nitrogens is 2. The molecule has 0 bridgehead atoms. The molecule has 1 heterocycles. The fraction of sp³-hybridized carbons (Fsp3) is 0.438. The van der Waals surface area contributed by atoms with Crippen LogP contribution in [-0.2, 0) is 13.0 Å². The highest BCUT2D eigenvalue weighted by Crippen LogP contribution is 2.15. The zero-order valence-corrected chi connectivity index (χ0v) is 12.4. The van der Waals surface area contributed by atoms with Crippen molar-refractivity contribution in [3.8, 4) is 0 Å². The summed E-state index contributed by atoms with van der Waals surface area (Å²) < 4.78 is 2.17. The summed E-state index contributed by atoms with van der Waals surface area (Å²) >= 11 is 0. The summed E-state index contributed by atoms with van der Waals surface area (Å²) in [6.07, 6.45) is 4.61. The standard InChI is InChI=1S/C16H24N4/c1-3-19(2)9-10-20-13-18-12-16(20)15(17)11-14-7-5-4-6-8-14/h4-8,12-13,15H,3,9-11,17H2,1-2H3/t15-/m1/s1. The topological polar surface area (TPSA) is 47.1 Å². The molecular weight excluding hydrogens is 248 g/mol. The van der Waals surface area contributed by atoms with Gasteiger partial charge in [-0.25, -0.2) is 4.98 Å². The maximum absolute atomic E-state index is 6.34. The Morgan fingerprint density at radius 1 is 1.30 bits per heavy atom. The predicted octanol–water partition coefficient (Wildman–Crippen LogP) is 2.08. The lowest BCUT2D eigenvalue weighted by atomic mass is 10.0. The maximum Gasteiger partial charge on any atom is 0.0949 e. The van der Waals surface area contributed by atoms with Crippen molar-refractivity contribution in [1.29, 1.82) is 0 Å². The minimum absolute atomic E-state index is 0.00756. The van der Waals surface area contributed by atoms with Gasteiger partial charge in [0, 0.05) is 19.3 Å². The average Bonchev–Trinajstić information content (AvgIpc) is 2.94. The summed E-state index contributed by atoms with van der Waals surface area (Å²) in [5, 5.41) is 0. The van der Waals surface area contributed by atoms with E-state index < -0.39 is 0 Å². The van der Waals surface area contributed by atoms with Crippen LogP contribution < -0.4 is 5.73 Å². The molecule has 2 N–H and O–H groups in total. The van der Waals surface area contributed by atoms with Crippen LogP contribution in [-0.4, -0.2) is 34.6 Å². The summed E-state index contributed by atoms with van der Waals surface area (Å²) in [7, 11) is 2.13. The van der Waals surface area contributed by atoms with Crippen LogP contribution in [0, 0.1) is 0 Å². The smallest absolute Gasteiger partial charge is 0.0949 e. The molecule has 108 valence electrons. The number of nitrogens with two attached hydrogens (primary N) is 1. The summed E-state index contributed by atoms with van der Waals surface area (Å²) in [5.74, 6) is 0. The molecule has 20 heavy (non-hydrogen) atoms. The number of imidazole rings is 1. The monoisotopic (exact) mass is 272 g/mol. The van der Waals surface area contributed by atoms with Gasteiger partial charge in [0.25, 0.3) is 0 Å². The zero-order chi connectivity index (χ0) is 14.4. The van der Waals surface area contributed by atoms with Gasteiger partial charge in [0.2, 0.25) is 0 Å². The molecule has 0 saturated heterocycles. The molecule has 0 aliphatic carbocycles. The van der Waals surface area contributed by atoms with Crippen LogP contribution in [0.15, 0.2) is 42.9 Å². The van der Waals surface area contributed by atoms with E-state index in [1.165, 1.54) is 5.56 Å². The normalized spacial score (nSPS) is 12.8. The molecule has 1 atom stereocenters. The first-order chi connectivity index (χ1) is 9.70. The highest BCUT2D eigenvalue weighted by molar-refractivity contribution is 5.18. The van der Waals surface area contributed by atoms with Crippen LogP contribution in [0.1, 0.15) is 24.2 Å². The van der Waals surface area contributed by atoms with E-state index in [0.717, 1.165) is 31.7 Å². The summed E-state index contributed by atoms with van der Waals surface area (Å²) in [5.41, 5.74) is 8.71. The number of nitrogens with zero attached hydrogens (tertiary/aromatic N) is 3. The van der Waals surface area contributed by atoms with Crippen LogP contribution in [0.2, 0.25) is 0 Å². The van der Waals surface area contributed by atoms with Crippen LogP contribution in [0.25, 0.3) is 0 Å². The molecule has 4 nitrogen and oxygen atoms in total. The Morgan fingerprint density at radius 2 is 2.05 bits per heavy atom. The SMILES string of the molecule is CCN(C)CCn1cncc1[C@H](N)Cc1ccccc1. The lowest BCUT2D eigenvalue weighted by Crippen LogP contribution is -2.25. The van der Waals surface area contributed by atoms with Gasteiger partial charge in [-0.05, 0) is 25.6 Å². The Hall–Kier alpha value is -1.65. The lowest BCUT2D eigenvalue weighted by molar-refractivity contribution is 0.332. The van der Waals surface area contributed by atoms with Crippen molar-refractivity contribution in [2.24, 2.45) is 5.73 Å². The second-order valence-corrected chi connectivity index (χ2v) is 5.20. The zero-order valence-electron chi connectivity index (χ0n) is 12.4. The van der Waals surface area contributed by atoms with Crippen molar-refractivity contribution in [3.05, 3.63) is 54.1 Å². The second kappa shape index (κ2) is 7.22. The molecule has 0 aliphatic rings. The van der Waals surface area contributed by atoms with E-state index in [0.29, 0.717) is 0 Å². The molecule has 0 aliphatic heterocycles. The number of rotatable bonds is 7. The molecule has 0 spiro atoms. The molecule has 2 rings (SSSR count). The third-order valence-electron chi connectivity index (χ3n) is 3.69. The highest BCUT2D eigenvalue weighted by Gasteiger charge is 2.12. The third-order valence-corrected chi connectivity index (χ3v) is 3.69. The van der Waals surface area contributed by atoms with Gasteiger partial charge in [0.05, 0.1) is 18.1 Å². The Morgan fingerprint density at radius 3 is 2.75 bits per heavy atom. The van der Waals surface area contributed by atoms with E-state index in [1.807, 2.05) is 18.6 Å². The maximum atomic E-state index is 6.34. The minimum atomic E-state index is -0.00756. The first-order valence-electron chi connectivity index (χ1n) is 7.18. The molecule has 2 aromatic rings. The van der Waals surface area contributed by atoms with Gasteiger partial charge in [-0.1, -0.05) is 37.3 Å². The second-order valence-electron chi connectivity index (χ2n) is 5.20. The predicted molar refractivity (Wildman–Crippen MR) is 82.5 cm³/mol. The quantitative estimate of drug-likeness (QED) is 0.839. The van der Waals surface area contributed by atoms with Gasteiger partial charge in [-0.3, -0.25) is 0 Å². The Kier molecular flexibility index (Phi) is 5.32. The van der Waals surface area contributed by atoms with Gasteiger partial charge >= 0.3 is 0 Å². The van der Waals surface area contributed by atoms with E-state index in [2.05, 4.69) is 52.7 Å². The van der Waals surface area contributed by atoms with E-state index in [4.69, 9.17) is 5.73 Å². The van der Waals surface area contributed by atoms with Crippen LogP contribution in [0.5, 0.6) is 0 Å². The summed E-state index contributed by atoms with van der Waals surface area (Å²) in [6, 6.07) is 10.4. The largest absolute Gasteiger partial charge is 0.332 e. The fourth-order valence-electron chi connectivity index (χ4n) is 2.24. The van der Waals surface area contributed by atoms with Crippen molar-refractivity contribution in [3.63, 3.8) is 0 Å². The summed E-state index contributed by atoms with van der Waals surface area (Å²) in [6.45, 7) is 5.16. The van der Waals surface area contributed by atoms with Crippen molar-refractivity contribution < 1.29 is 0 Å². The first-order valence-corrected chi connectivity index (χ1v) is 7.18. The Labute approximate surface area is 121 Å². The molecule has 0 radical (unpaired) electrons. The molecule has 1 aromatic carbocycles. The molecule has 0 unspecified atom stereocenters. The van der Waals surface area contributed by atoms with Crippen molar-refractivity contribution in [1.82, 2.24) is 14.5 Å². The van der Waals surface area contributed by atoms with Gasteiger partial charge in [0.1, 0.15) is 0 Å². The van der Waals surface area contributed by atoms with Crippen molar-refractivity contribution in [2.45, 2.75) is 25.9 Å². The van der Waals surface area contributed by atoms with Crippen molar-refractivity contribution >= 4 is 0 Å². The van der Waals surface area contributed by atoms with E-state index >= 15 is 0 Å². The third kappa shape index (κ3) is 3.92. The lowest BCUT2D eigenvalue weighted by Gasteiger charge is -2.18. The van der Waals surface area contributed by atoms with Gasteiger partial charge < -0.3 is 15.2 Å². The van der Waals surface area contributed by atoms with E-state index in [-0.39, 0.29) is 6.04 Å². The molecule has 1 aromatic heterocycles. The number of likely N-dealkylation sites (N-methyl/N-ethyl adjacent to an activating group) is 1. The summed E-state index contributed by atoms with van der Waals surface area (Å²) in [4.78, 5) is 6.54. The molecule has 0 amide bonds. The van der Waals surface area contributed by atoms with E-state index in [1.54, 1.807) is 0 Å². The highest BCUT2D eigenvalue weighted by atomic mass is 15.1. The van der Waals surface area contributed by atoms with Gasteiger partial charge in [-0.15, -0.1) is 0 Å². The average molecular weight is 272 g/mol. The minimum Gasteiger partial charge on any atom is -0.332 e. The number of hydrogen-bond acceptors (Lipinski definition) is 3.